The highest BCUT2D eigenvalue weighted by Gasteiger charge is 2.34. The summed E-state index contributed by atoms with van der Waals surface area (Å²) in [6.45, 7) is 1.91. The van der Waals surface area contributed by atoms with Crippen LogP contribution >= 0.6 is 0 Å². The number of rotatable bonds is 5. The van der Waals surface area contributed by atoms with E-state index in [4.69, 9.17) is 4.74 Å². The fraction of sp³-hybridized carbons (Fsp3) is 0.333. The molecule has 0 aromatic heterocycles. The first-order valence-electron chi connectivity index (χ1n) is 6.30. The summed E-state index contributed by atoms with van der Waals surface area (Å²) in [5.41, 5.74) is 0.661. The Labute approximate surface area is 111 Å². The van der Waals surface area contributed by atoms with Gasteiger partial charge in [0.15, 0.2) is 5.78 Å². The van der Waals surface area contributed by atoms with Crippen molar-refractivity contribution in [3.8, 4) is 0 Å². The molecule has 19 heavy (non-hydrogen) atoms. The van der Waals surface area contributed by atoms with Crippen molar-refractivity contribution in [1.29, 1.82) is 0 Å². The third-order valence-corrected chi connectivity index (χ3v) is 2.89. The highest BCUT2D eigenvalue weighted by molar-refractivity contribution is 6.21. The molecule has 1 saturated carbocycles. The van der Waals surface area contributed by atoms with Crippen molar-refractivity contribution in [2.45, 2.75) is 19.8 Å². The Morgan fingerprint density at radius 1 is 1.32 bits per heavy atom. The van der Waals surface area contributed by atoms with E-state index in [0.717, 1.165) is 12.8 Å². The van der Waals surface area contributed by atoms with Gasteiger partial charge in [-0.05, 0) is 43.5 Å². The molecule has 0 spiro atoms. The predicted molar refractivity (Wildman–Crippen MR) is 68.7 cm³/mol. The van der Waals surface area contributed by atoms with Crippen LogP contribution in [0.4, 0.5) is 4.39 Å². The van der Waals surface area contributed by atoms with E-state index in [0.29, 0.717) is 5.56 Å². The normalized spacial score (nSPS) is 15.2. The van der Waals surface area contributed by atoms with Crippen LogP contribution in [0.2, 0.25) is 0 Å². The number of halogens is 1. The number of ether oxygens (including phenoxy) is 1. The summed E-state index contributed by atoms with van der Waals surface area (Å²) in [5.74, 6) is -1.20. The quantitative estimate of drug-likeness (QED) is 0.355. The first-order chi connectivity index (χ1) is 9.11. The molecule has 2 rings (SSSR count). The predicted octanol–water partition coefficient (Wildman–Crippen LogP) is 2.75. The Morgan fingerprint density at radius 3 is 2.47 bits per heavy atom. The summed E-state index contributed by atoms with van der Waals surface area (Å²) in [5, 5.41) is 0. The van der Waals surface area contributed by atoms with Gasteiger partial charge in [-0.1, -0.05) is 12.1 Å². The molecule has 100 valence electrons. The van der Waals surface area contributed by atoms with Crippen LogP contribution in [0.3, 0.4) is 0 Å². The lowest BCUT2D eigenvalue weighted by atomic mass is 10.0. The van der Waals surface area contributed by atoms with Crippen LogP contribution in [-0.2, 0) is 14.3 Å². The number of ketones is 1. The molecule has 0 atom stereocenters. The van der Waals surface area contributed by atoms with Crippen molar-refractivity contribution >= 4 is 17.8 Å². The molecule has 4 heteroatoms. The Morgan fingerprint density at radius 2 is 1.95 bits per heavy atom. The molecule has 1 aromatic rings. The SMILES string of the molecule is CCOC(=O)/C(=C/c1ccc(F)cc1)C(=O)C1CC1. The van der Waals surface area contributed by atoms with Gasteiger partial charge in [0.2, 0.25) is 0 Å². The van der Waals surface area contributed by atoms with Crippen molar-refractivity contribution in [1.82, 2.24) is 0 Å². The zero-order valence-corrected chi connectivity index (χ0v) is 10.7. The zero-order valence-electron chi connectivity index (χ0n) is 10.7. The topological polar surface area (TPSA) is 43.4 Å². The van der Waals surface area contributed by atoms with Crippen LogP contribution in [0.5, 0.6) is 0 Å². The molecule has 0 radical (unpaired) electrons. The van der Waals surface area contributed by atoms with Gasteiger partial charge < -0.3 is 4.74 Å². The number of Topliss-reactive ketones (excluding diaryl/α,β-unsaturated/α-hetero) is 1. The van der Waals surface area contributed by atoms with E-state index < -0.39 is 5.97 Å². The van der Waals surface area contributed by atoms with Crippen molar-refractivity contribution in [2.24, 2.45) is 5.92 Å². The van der Waals surface area contributed by atoms with Crippen molar-refractivity contribution in [3.05, 3.63) is 41.2 Å². The van der Waals surface area contributed by atoms with Crippen LogP contribution < -0.4 is 0 Å². The van der Waals surface area contributed by atoms with Gasteiger partial charge >= 0.3 is 5.97 Å². The van der Waals surface area contributed by atoms with E-state index in [1.807, 2.05) is 0 Å². The number of hydrogen-bond acceptors (Lipinski definition) is 3. The Bertz CT molecular complexity index is 513. The smallest absolute Gasteiger partial charge is 0.341 e. The van der Waals surface area contributed by atoms with Gasteiger partial charge in [-0.2, -0.15) is 0 Å². The minimum absolute atomic E-state index is 0.0518. The van der Waals surface area contributed by atoms with Crippen LogP contribution in [0.25, 0.3) is 6.08 Å². The minimum atomic E-state index is -0.608. The molecule has 1 aliphatic carbocycles. The summed E-state index contributed by atoms with van der Waals surface area (Å²) in [7, 11) is 0. The lowest BCUT2D eigenvalue weighted by Gasteiger charge is -2.05. The largest absolute Gasteiger partial charge is 0.462 e. The monoisotopic (exact) mass is 262 g/mol. The Balaban J connectivity index is 2.27. The number of carbonyl (C=O) groups excluding carboxylic acids is 2. The average molecular weight is 262 g/mol. The fourth-order valence-electron chi connectivity index (χ4n) is 1.73. The van der Waals surface area contributed by atoms with Gasteiger partial charge in [0.25, 0.3) is 0 Å². The third kappa shape index (κ3) is 3.50. The number of benzene rings is 1. The molecule has 1 aromatic carbocycles. The maximum atomic E-state index is 12.8. The van der Waals surface area contributed by atoms with Crippen LogP contribution in [0.1, 0.15) is 25.3 Å². The van der Waals surface area contributed by atoms with Gasteiger partial charge in [-0.25, -0.2) is 9.18 Å². The summed E-state index contributed by atoms with van der Waals surface area (Å²) in [4.78, 5) is 23.9. The second-order valence-corrected chi connectivity index (χ2v) is 4.47. The molecule has 0 heterocycles. The van der Waals surface area contributed by atoms with E-state index >= 15 is 0 Å². The van der Waals surface area contributed by atoms with Crippen LogP contribution in [-0.4, -0.2) is 18.4 Å². The zero-order chi connectivity index (χ0) is 13.8. The third-order valence-electron chi connectivity index (χ3n) is 2.89. The molecule has 0 N–H and O–H groups in total. The van der Waals surface area contributed by atoms with Gasteiger partial charge in [-0.15, -0.1) is 0 Å². The second kappa shape index (κ2) is 5.78. The summed E-state index contributed by atoms with van der Waals surface area (Å²) < 4.78 is 17.7. The maximum absolute atomic E-state index is 12.8. The highest BCUT2D eigenvalue weighted by Crippen LogP contribution is 2.33. The summed E-state index contributed by atoms with van der Waals surface area (Å²) >= 11 is 0. The molecule has 0 aliphatic heterocycles. The lowest BCUT2D eigenvalue weighted by molar-refractivity contribution is -0.140. The fourth-order valence-corrected chi connectivity index (χ4v) is 1.73. The molecular weight excluding hydrogens is 247 g/mol. The van der Waals surface area contributed by atoms with E-state index in [9.17, 15) is 14.0 Å². The average Bonchev–Trinajstić information content (AvgIpc) is 3.22. The van der Waals surface area contributed by atoms with Crippen LogP contribution in [0, 0.1) is 11.7 Å². The number of carbonyl (C=O) groups is 2. The van der Waals surface area contributed by atoms with Gasteiger partial charge in [0.1, 0.15) is 11.4 Å². The molecule has 0 amide bonds. The molecule has 0 bridgehead atoms. The maximum Gasteiger partial charge on any atom is 0.341 e. The van der Waals surface area contributed by atoms with Crippen molar-refractivity contribution < 1.29 is 18.7 Å². The molecular formula is C15H15FO3. The Kier molecular flexibility index (Phi) is 4.10. The van der Waals surface area contributed by atoms with Crippen LogP contribution in [0.15, 0.2) is 29.8 Å². The van der Waals surface area contributed by atoms with E-state index in [1.165, 1.54) is 30.3 Å². The standard InChI is InChI=1S/C15H15FO3/c1-2-19-15(18)13(14(17)11-5-6-11)9-10-3-7-12(16)8-4-10/h3-4,7-9,11H,2,5-6H2,1H3/b13-9+. The minimum Gasteiger partial charge on any atom is -0.462 e. The summed E-state index contributed by atoms with van der Waals surface area (Å²) in [6, 6.07) is 5.62. The van der Waals surface area contributed by atoms with Gasteiger partial charge in [0.05, 0.1) is 6.61 Å². The molecule has 3 nitrogen and oxygen atoms in total. The lowest BCUT2D eigenvalue weighted by Crippen LogP contribution is -2.17. The first-order valence-corrected chi connectivity index (χ1v) is 6.30. The van der Waals surface area contributed by atoms with E-state index in [-0.39, 0.29) is 29.7 Å². The van der Waals surface area contributed by atoms with Gasteiger partial charge in [-0.3, -0.25) is 4.79 Å². The van der Waals surface area contributed by atoms with E-state index in [2.05, 4.69) is 0 Å². The highest BCUT2D eigenvalue weighted by atomic mass is 19.1. The molecule has 0 saturated heterocycles. The van der Waals surface area contributed by atoms with Crippen molar-refractivity contribution in [3.63, 3.8) is 0 Å². The number of hydrogen-bond donors (Lipinski definition) is 0. The van der Waals surface area contributed by atoms with E-state index in [1.54, 1.807) is 6.92 Å². The van der Waals surface area contributed by atoms with Crippen molar-refractivity contribution in [2.75, 3.05) is 6.61 Å². The molecule has 1 aliphatic rings. The molecule has 0 unspecified atom stereocenters. The van der Waals surface area contributed by atoms with Gasteiger partial charge in [0, 0.05) is 5.92 Å². The Hall–Kier alpha value is -1.97. The first kappa shape index (κ1) is 13.5. The molecule has 1 fully saturated rings. The second-order valence-electron chi connectivity index (χ2n) is 4.47. The number of esters is 1. The summed E-state index contributed by atoms with van der Waals surface area (Å²) in [6.07, 6.45) is 3.11.